The second-order valence-electron chi connectivity index (χ2n) is 8.08. The van der Waals surface area contributed by atoms with Gasteiger partial charge in [0, 0.05) is 29.1 Å². The quantitative estimate of drug-likeness (QED) is 0.439. The fraction of sp³-hybridized carbons (Fsp3) is 0.192. The van der Waals surface area contributed by atoms with Gasteiger partial charge in [0.15, 0.2) is 18.2 Å². The number of fused-ring (bicyclic) bond motifs is 4. The van der Waals surface area contributed by atoms with E-state index in [1.54, 1.807) is 0 Å². The van der Waals surface area contributed by atoms with Crippen LogP contribution >= 0.6 is 0 Å². The fourth-order valence-electron chi connectivity index (χ4n) is 4.41. The van der Waals surface area contributed by atoms with Gasteiger partial charge < -0.3 is 23.5 Å². The zero-order valence-electron chi connectivity index (χ0n) is 17.6. The van der Waals surface area contributed by atoms with E-state index in [0.717, 1.165) is 45.0 Å². The largest absolute Gasteiger partial charge is 0.473 e. The van der Waals surface area contributed by atoms with Crippen LogP contribution in [0.1, 0.15) is 22.3 Å². The van der Waals surface area contributed by atoms with E-state index in [4.69, 9.17) is 18.6 Å². The highest BCUT2D eigenvalue weighted by atomic mass is 16.7. The molecule has 0 spiro atoms. The molecule has 0 unspecified atom stereocenters. The maximum absolute atomic E-state index is 13.0. The fourth-order valence-corrected chi connectivity index (χ4v) is 4.41. The molecule has 0 radical (unpaired) electrons. The van der Waals surface area contributed by atoms with Crippen LogP contribution in [-0.4, -0.2) is 13.5 Å². The Labute approximate surface area is 184 Å². The molecule has 6 rings (SSSR count). The summed E-state index contributed by atoms with van der Waals surface area (Å²) in [5, 5.41) is 0.936. The van der Waals surface area contributed by atoms with E-state index in [-0.39, 0.29) is 12.4 Å². The van der Waals surface area contributed by atoms with Crippen LogP contribution < -0.4 is 24.7 Å². The molecule has 0 aliphatic carbocycles. The molecule has 0 N–H and O–H groups in total. The summed E-state index contributed by atoms with van der Waals surface area (Å²) in [6.45, 7) is 3.18. The number of anilines is 1. The van der Waals surface area contributed by atoms with Gasteiger partial charge >= 0.3 is 5.63 Å². The Morgan fingerprint density at radius 2 is 1.72 bits per heavy atom. The summed E-state index contributed by atoms with van der Waals surface area (Å²) < 4.78 is 22.8. The molecular formula is C26H21NO5. The van der Waals surface area contributed by atoms with Gasteiger partial charge in [-0.1, -0.05) is 30.3 Å². The molecule has 1 aromatic heterocycles. The molecule has 0 atom stereocenters. The van der Waals surface area contributed by atoms with E-state index in [2.05, 4.69) is 4.90 Å². The summed E-state index contributed by atoms with van der Waals surface area (Å²) in [7, 11) is 0. The maximum Gasteiger partial charge on any atom is 0.340 e. The Morgan fingerprint density at radius 1 is 0.906 bits per heavy atom. The van der Waals surface area contributed by atoms with Gasteiger partial charge in [-0.25, -0.2) is 4.79 Å². The molecule has 6 nitrogen and oxygen atoms in total. The molecule has 3 aromatic carbocycles. The van der Waals surface area contributed by atoms with Crippen molar-refractivity contribution >= 4 is 16.7 Å². The Morgan fingerprint density at radius 3 is 2.59 bits per heavy atom. The summed E-state index contributed by atoms with van der Waals surface area (Å²) in [5.74, 6) is 2.21. The molecule has 3 heterocycles. The van der Waals surface area contributed by atoms with Crippen LogP contribution in [0.3, 0.4) is 0 Å². The maximum atomic E-state index is 13.0. The van der Waals surface area contributed by atoms with Crippen molar-refractivity contribution in [2.75, 3.05) is 18.4 Å². The SMILES string of the molecule is Cc1c(Cc2ccccc2)c(=O)oc2c3c(ccc12)OCN(c1ccc2c(c1)OCO2)C3. The number of benzene rings is 3. The second-order valence-corrected chi connectivity index (χ2v) is 8.08. The van der Waals surface area contributed by atoms with E-state index >= 15 is 0 Å². The van der Waals surface area contributed by atoms with Gasteiger partial charge in [-0.2, -0.15) is 0 Å². The van der Waals surface area contributed by atoms with Crippen molar-refractivity contribution in [3.63, 3.8) is 0 Å². The van der Waals surface area contributed by atoms with Gasteiger partial charge in [-0.3, -0.25) is 0 Å². The molecule has 0 saturated carbocycles. The van der Waals surface area contributed by atoms with Crippen LogP contribution in [0.2, 0.25) is 0 Å². The van der Waals surface area contributed by atoms with Gasteiger partial charge in [0.2, 0.25) is 6.79 Å². The van der Waals surface area contributed by atoms with E-state index in [0.29, 0.717) is 30.8 Å². The molecule has 160 valence electrons. The van der Waals surface area contributed by atoms with Crippen molar-refractivity contribution in [1.29, 1.82) is 0 Å². The number of hydrogen-bond acceptors (Lipinski definition) is 6. The number of hydrogen-bond donors (Lipinski definition) is 0. The lowest BCUT2D eigenvalue weighted by atomic mass is 9.97. The summed E-state index contributed by atoms with van der Waals surface area (Å²) in [5.41, 5.74) is 4.84. The molecule has 2 aliphatic rings. The first-order chi connectivity index (χ1) is 15.7. The van der Waals surface area contributed by atoms with Crippen molar-refractivity contribution in [1.82, 2.24) is 0 Å². The van der Waals surface area contributed by atoms with E-state index < -0.39 is 0 Å². The van der Waals surface area contributed by atoms with Gasteiger partial charge in [0.05, 0.1) is 12.1 Å². The smallest absolute Gasteiger partial charge is 0.340 e. The minimum Gasteiger partial charge on any atom is -0.473 e. The predicted molar refractivity (Wildman–Crippen MR) is 121 cm³/mol. The Hall–Kier alpha value is -3.93. The molecule has 0 saturated heterocycles. The standard InChI is InChI=1S/C26H21NO5/c1-16-19-8-10-22-21(25(19)32-26(28)20(16)11-17-5-3-2-4-6-17)13-27(14-29-22)18-7-9-23-24(12-18)31-15-30-23/h2-10,12H,11,13-15H2,1H3. The van der Waals surface area contributed by atoms with Crippen molar-refractivity contribution < 1.29 is 18.6 Å². The summed E-state index contributed by atoms with van der Waals surface area (Å²) in [4.78, 5) is 15.1. The lowest BCUT2D eigenvalue weighted by molar-refractivity contribution is 0.174. The van der Waals surface area contributed by atoms with Crippen molar-refractivity contribution in [2.24, 2.45) is 0 Å². The molecule has 4 aromatic rings. The van der Waals surface area contributed by atoms with Crippen LogP contribution in [0.25, 0.3) is 11.0 Å². The summed E-state index contributed by atoms with van der Waals surface area (Å²) in [6, 6.07) is 19.7. The number of ether oxygens (including phenoxy) is 3. The molecule has 6 heteroatoms. The highest BCUT2D eigenvalue weighted by Crippen LogP contribution is 2.39. The highest BCUT2D eigenvalue weighted by Gasteiger charge is 2.25. The summed E-state index contributed by atoms with van der Waals surface area (Å²) >= 11 is 0. The first-order valence-electron chi connectivity index (χ1n) is 10.6. The third-order valence-electron chi connectivity index (χ3n) is 6.19. The molecular weight excluding hydrogens is 406 g/mol. The molecule has 0 bridgehead atoms. The van der Waals surface area contributed by atoms with Crippen molar-refractivity contribution in [3.05, 3.63) is 93.3 Å². The van der Waals surface area contributed by atoms with Gasteiger partial charge in [0.25, 0.3) is 0 Å². The minimum absolute atomic E-state index is 0.235. The third kappa shape index (κ3) is 3.07. The average Bonchev–Trinajstić information content (AvgIpc) is 3.30. The lowest BCUT2D eigenvalue weighted by Crippen LogP contribution is -2.32. The zero-order valence-corrected chi connectivity index (χ0v) is 17.6. The van der Waals surface area contributed by atoms with Crippen molar-refractivity contribution in [2.45, 2.75) is 19.9 Å². The highest BCUT2D eigenvalue weighted by molar-refractivity contribution is 5.86. The monoisotopic (exact) mass is 427 g/mol. The Kier molecular flexibility index (Phi) is 4.31. The molecule has 2 aliphatic heterocycles. The Balaban J connectivity index is 1.40. The van der Waals surface area contributed by atoms with Gasteiger partial charge in [0.1, 0.15) is 11.3 Å². The normalized spacial score (nSPS) is 14.3. The minimum atomic E-state index is -0.299. The topological polar surface area (TPSA) is 61.1 Å². The van der Waals surface area contributed by atoms with Crippen LogP contribution in [0, 0.1) is 6.92 Å². The Bertz CT molecular complexity index is 1390. The number of aryl methyl sites for hydroxylation is 1. The van der Waals surface area contributed by atoms with Crippen LogP contribution in [0.5, 0.6) is 17.2 Å². The molecule has 0 fully saturated rings. The summed E-state index contributed by atoms with van der Waals surface area (Å²) in [6.07, 6.45) is 0.544. The predicted octanol–water partition coefficient (Wildman–Crippen LogP) is 4.78. The zero-order chi connectivity index (χ0) is 21.7. The van der Waals surface area contributed by atoms with Crippen molar-refractivity contribution in [3.8, 4) is 17.2 Å². The number of nitrogens with zero attached hydrogens (tertiary/aromatic N) is 1. The number of rotatable bonds is 3. The first kappa shape index (κ1) is 18.8. The van der Waals surface area contributed by atoms with E-state index in [1.165, 1.54) is 0 Å². The van der Waals surface area contributed by atoms with Crippen LogP contribution in [-0.2, 0) is 13.0 Å². The average molecular weight is 427 g/mol. The first-order valence-corrected chi connectivity index (χ1v) is 10.6. The molecule has 0 amide bonds. The van der Waals surface area contributed by atoms with E-state index in [1.807, 2.05) is 67.6 Å². The molecule has 32 heavy (non-hydrogen) atoms. The van der Waals surface area contributed by atoms with Crippen LogP contribution in [0.15, 0.2) is 69.9 Å². The van der Waals surface area contributed by atoms with Gasteiger partial charge in [-0.05, 0) is 42.3 Å². The second kappa shape index (κ2) is 7.34. The van der Waals surface area contributed by atoms with Gasteiger partial charge in [-0.15, -0.1) is 0 Å². The third-order valence-corrected chi connectivity index (χ3v) is 6.19. The lowest BCUT2D eigenvalue weighted by Gasteiger charge is -2.31. The van der Waals surface area contributed by atoms with Crippen LogP contribution in [0.4, 0.5) is 5.69 Å². The van der Waals surface area contributed by atoms with E-state index in [9.17, 15) is 4.79 Å².